The van der Waals surface area contributed by atoms with Crippen molar-refractivity contribution in [3.63, 3.8) is 0 Å². The van der Waals surface area contributed by atoms with Gasteiger partial charge in [-0.1, -0.05) is 155 Å². The quantitative estimate of drug-likeness (QED) is 0.0500. The first-order chi connectivity index (χ1) is 34.1. The number of ether oxygens (including phenoxy) is 3. The third kappa shape index (κ3) is 10.8. The highest BCUT2D eigenvalue weighted by Gasteiger charge is 2.43. The van der Waals surface area contributed by atoms with E-state index < -0.39 is 15.8 Å². The van der Waals surface area contributed by atoms with Gasteiger partial charge in [-0.2, -0.15) is 0 Å². The van der Waals surface area contributed by atoms with Crippen LogP contribution in [0.15, 0.2) is 97.1 Å². The van der Waals surface area contributed by atoms with Crippen molar-refractivity contribution in [3.05, 3.63) is 142 Å². The molecule has 0 bridgehead atoms. The first-order valence-corrected chi connectivity index (χ1v) is 30.3. The van der Waals surface area contributed by atoms with Crippen molar-refractivity contribution < 1.29 is 14.2 Å². The summed E-state index contributed by atoms with van der Waals surface area (Å²) in [4.78, 5) is 0. The van der Waals surface area contributed by atoms with Crippen LogP contribution in [0, 0.1) is 13.8 Å². The highest BCUT2D eigenvalue weighted by atomic mass is 31.1. The predicted octanol–water partition coefficient (Wildman–Crippen LogP) is 17.0. The summed E-state index contributed by atoms with van der Waals surface area (Å²) in [6, 6.07) is 38.2. The minimum Gasteiger partial charge on any atom is -0.456 e. The van der Waals surface area contributed by atoms with Gasteiger partial charge in [-0.3, -0.25) is 0 Å². The second-order valence-corrected chi connectivity index (χ2v) is 25.6. The molecule has 0 aromatic heterocycles. The molecule has 0 aliphatic carbocycles. The summed E-state index contributed by atoms with van der Waals surface area (Å²) in [6.45, 7) is 18.7. The van der Waals surface area contributed by atoms with Crippen LogP contribution in [0.4, 0.5) is 0 Å². The number of benzene rings is 6. The molecule has 0 saturated carbocycles. The smallest absolute Gasteiger partial charge is 0.139 e. The van der Waals surface area contributed by atoms with E-state index in [2.05, 4.69) is 152 Å². The van der Waals surface area contributed by atoms with Gasteiger partial charge in [0.25, 0.3) is 0 Å². The number of hydrogen-bond acceptors (Lipinski definition) is 3. The molecule has 0 spiro atoms. The Bertz CT molecular complexity index is 2470. The molecule has 70 heavy (non-hydrogen) atoms. The van der Waals surface area contributed by atoms with Gasteiger partial charge in [0.05, 0.1) is 0 Å². The fraction of sp³-hybridized carbons (Fsp3) is 0.446. The molecule has 368 valence electrons. The Morgan fingerprint density at radius 2 is 0.643 bits per heavy atom. The van der Waals surface area contributed by atoms with Gasteiger partial charge in [-0.15, -0.1) is 0 Å². The molecule has 6 aromatic carbocycles. The average molecular weight is 971 g/mol. The standard InChI is InChI=1S/C65H80O3P2/c1-9-13-17-21-25-47-29-33-53-57(41-47)69(58-42-48(26-22-18-14-10-2)30-34-54(58)66-53)61-39-45(5)37-51-63(61)68-64-52(65(51,7)8)38-46(6)40-62(64)70-59-43-49(27-23-19-15-11-3)31-35-55(59)67-56-36-32-50(44-60(56)70)28-24-20-16-12-4/h29-44H,9-28H2,1-8H3. The van der Waals surface area contributed by atoms with Gasteiger partial charge in [0, 0.05) is 48.4 Å². The molecular weight excluding hydrogens is 891 g/mol. The highest BCUT2D eigenvalue weighted by molar-refractivity contribution is 7.81. The van der Waals surface area contributed by atoms with E-state index in [1.54, 1.807) is 0 Å². The summed E-state index contributed by atoms with van der Waals surface area (Å²) >= 11 is 0. The second-order valence-electron chi connectivity index (χ2n) is 21.4. The van der Waals surface area contributed by atoms with Crippen LogP contribution in [-0.2, 0) is 31.1 Å². The lowest BCUT2D eigenvalue weighted by molar-refractivity contribution is 0.424. The van der Waals surface area contributed by atoms with Crippen molar-refractivity contribution in [1.82, 2.24) is 0 Å². The van der Waals surface area contributed by atoms with E-state index in [1.807, 2.05) is 0 Å². The van der Waals surface area contributed by atoms with E-state index in [0.717, 1.165) is 60.2 Å². The summed E-state index contributed by atoms with van der Waals surface area (Å²) < 4.78 is 21.8. The van der Waals surface area contributed by atoms with E-state index in [9.17, 15) is 0 Å². The van der Waals surface area contributed by atoms with Crippen LogP contribution in [0.25, 0.3) is 0 Å². The monoisotopic (exact) mass is 971 g/mol. The van der Waals surface area contributed by atoms with E-state index in [-0.39, 0.29) is 5.41 Å². The van der Waals surface area contributed by atoms with Crippen LogP contribution in [-0.4, -0.2) is 0 Å². The molecule has 0 saturated heterocycles. The Hall–Kier alpha value is -4.42. The topological polar surface area (TPSA) is 27.7 Å². The maximum atomic E-state index is 7.89. The molecule has 9 rings (SSSR count). The molecule has 0 atom stereocenters. The number of rotatable bonds is 22. The zero-order valence-corrected chi connectivity index (χ0v) is 45.8. The van der Waals surface area contributed by atoms with Gasteiger partial charge < -0.3 is 14.2 Å². The van der Waals surface area contributed by atoms with Crippen LogP contribution in [0.3, 0.4) is 0 Å². The highest BCUT2D eigenvalue weighted by Crippen LogP contribution is 2.56. The SMILES string of the molecule is CCCCCCc1ccc2c(c1)P(c1cc(C)cc3c1Oc1c(P4c5cc(CCCCCC)ccc5Oc5ccc(CCCCCC)cc54)cc(C)cc1C3(C)C)c1cc(CCCCCC)ccc1O2. The van der Waals surface area contributed by atoms with Gasteiger partial charge in [-0.05, 0) is 175 Å². The van der Waals surface area contributed by atoms with Gasteiger partial charge in [0.2, 0.25) is 0 Å². The molecule has 3 aliphatic rings. The van der Waals surface area contributed by atoms with Gasteiger partial charge in [0.1, 0.15) is 34.5 Å². The molecule has 3 nitrogen and oxygen atoms in total. The van der Waals surface area contributed by atoms with Crippen LogP contribution in [0.2, 0.25) is 0 Å². The van der Waals surface area contributed by atoms with Crippen LogP contribution in [0.5, 0.6) is 34.5 Å². The summed E-state index contributed by atoms with van der Waals surface area (Å²) in [5.74, 6) is 6.04. The van der Waals surface area contributed by atoms with E-state index >= 15 is 0 Å². The third-order valence-electron chi connectivity index (χ3n) is 15.2. The van der Waals surface area contributed by atoms with E-state index in [4.69, 9.17) is 14.2 Å². The Balaban J connectivity index is 1.21. The number of aryl methyl sites for hydroxylation is 6. The molecule has 5 heteroatoms. The van der Waals surface area contributed by atoms with Crippen molar-refractivity contribution >= 4 is 47.7 Å². The predicted molar refractivity (Wildman–Crippen MR) is 304 cm³/mol. The van der Waals surface area contributed by atoms with E-state index in [1.165, 1.54) is 179 Å². The minimum atomic E-state index is -1.04. The molecular formula is C65H80O3P2. The summed E-state index contributed by atoms with van der Waals surface area (Å²) in [6.07, 6.45) is 24.4. The molecule has 3 heterocycles. The van der Waals surface area contributed by atoms with E-state index in [0.29, 0.717) is 0 Å². The normalized spacial score (nSPS) is 14.3. The second kappa shape index (κ2) is 23.0. The first kappa shape index (κ1) is 50.5. The van der Waals surface area contributed by atoms with Crippen LogP contribution < -0.4 is 46.0 Å². The van der Waals surface area contributed by atoms with Gasteiger partial charge in [0.15, 0.2) is 0 Å². The lowest BCUT2D eigenvalue weighted by Gasteiger charge is -2.40. The summed E-state index contributed by atoms with van der Waals surface area (Å²) in [7, 11) is -2.08. The maximum Gasteiger partial charge on any atom is 0.139 e. The zero-order valence-electron chi connectivity index (χ0n) is 44.0. The number of fused-ring (bicyclic) bond motifs is 6. The van der Waals surface area contributed by atoms with Gasteiger partial charge in [-0.25, -0.2) is 0 Å². The van der Waals surface area contributed by atoms with Crippen molar-refractivity contribution in [1.29, 1.82) is 0 Å². The largest absolute Gasteiger partial charge is 0.456 e. The lowest BCUT2D eigenvalue weighted by Crippen LogP contribution is -2.35. The minimum absolute atomic E-state index is 0.324. The Kier molecular flexibility index (Phi) is 16.6. The van der Waals surface area contributed by atoms with Crippen molar-refractivity contribution in [3.8, 4) is 34.5 Å². The molecule has 0 unspecified atom stereocenters. The first-order valence-electron chi connectivity index (χ1n) is 27.6. The van der Waals surface area contributed by atoms with Crippen molar-refractivity contribution in [2.75, 3.05) is 0 Å². The van der Waals surface area contributed by atoms with Crippen LogP contribution >= 0.6 is 15.8 Å². The molecule has 0 fully saturated rings. The summed E-state index contributed by atoms with van der Waals surface area (Å²) in [5, 5.41) is 7.87. The Labute approximate surface area is 425 Å². The zero-order chi connectivity index (χ0) is 48.8. The lowest BCUT2D eigenvalue weighted by atomic mass is 9.75. The van der Waals surface area contributed by atoms with Gasteiger partial charge >= 0.3 is 0 Å². The fourth-order valence-electron chi connectivity index (χ4n) is 11.2. The summed E-state index contributed by atoms with van der Waals surface area (Å²) in [5.41, 5.74) is 10.4. The Morgan fingerprint density at radius 3 is 0.929 bits per heavy atom. The molecule has 0 radical (unpaired) electrons. The molecule has 0 N–H and O–H groups in total. The van der Waals surface area contributed by atoms with Crippen molar-refractivity contribution in [2.45, 2.75) is 189 Å². The maximum absolute atomic E-state index is 7.89. The fourth-order valence-corrected chi connectivity index (χ4v) is 16.7. The van der Waals surface area contributed by atoms with Crippen molar-refractivity contribution in [2.24, 2.45) is 0 Å². The molecule has 3 aliphatic heterocycles. The molecule has 6 aromatic rings. The molecule has 0 amide bonds. The average Bonchev–Trinajstić information content (AvgIpc) is 3.35. The number of hydrogen-bond donors (Lipinski definition) is 0. The number of unbranched alkanes of at least 4 members (excludes halogenated alkanes) is 12. The third-order valence-corrected chi connectivity index (χ3v) is 20.2. The van der Waals surface area contributed by atoms with Crippen LogP contribution in [0.1, 0.15) is 189 Å². The Morgan fingerprint density at radius 1 is 0.343 bits per heavy atom.